The van der Waals surface area contributed by atoms with Gasteiger partial charge in [-0.1, -0.05) is 24.3 Å². The van der Waals surface area contributed by atoms with Crippen LogP contribution in [0.25, 0.3) is 0 Å². The maximum absolute atomic E-state index is 12.8. The molecular weight excluding hydrogens is 404 g/mol. The summed E-state index contributed by atoms with van der Waals surface area (Å²) in [4.78, 5) is 12.8. The molecule has 2 aromatic carbocycles. The molecule has 1 amide bonds. The van der Waals surface area contributed by atoms with Gasteiger partial charge in [-0.15, -0.1) is 0 Å². The van der Waals surface area contributed by atoms with E-state index in [0.29, 0.717) is 24.7 Å². The molecule has 0 aromatic heterocycles. The second-order valence-corrected chi connectivity index (χ2v) is 9.37. The molecule has 0 radical (unpaired) electrons. The molecule has 1 aliphatic carbocycles. The van der Waals surface area contributed by atoms with Gasteiger partial charge in [0.2, 0.25) is 15.9 Å². The highest BCUT2D eigenvalue weighted by Gasteiger charge is 2.27. The summed E-state index contributed by atoms with van der Waals surface area (Å²) >= 11 is 0. The van der Waals surface area contributed by atoms with Crippen LogP contribution < -0.4 is 19.5 Å². The lowest BCUT2D eigenvalue weighted by Crippen LogP contribution is -2.46. The van der Waals surface area contributed by atoms with E-state index >= 15 is 0 Å². The molecule has 0 fully saturated rings. The summed E-state index contributed by atoms with van der Waals surface area (Å²) in [6.07, 6.45) is 3.55. The summed E-state index contributed by atoms with van der Waals surface area (Å²) in [7, 11) is -3.90. The van der Waals surface area contributed by atoms with E-state index in [1.165, 1.54) is 17.7 Å². The quantitative estimate of drug-likeness (QED) is 0.761. The summed E-state index contributed by atoms with van der Waals surface area (Å²) in [5, 5.41) is 3.00. The molecule has 2 aliphatic rings. The van der Waals surface area contributed by atoms with Crippen molar-refractivity contribution < 1.29 is 22.7 Å². The number of amides is 1. The van der Waals surface area contributed by atoms with E-state index in [9.17, 15) is 13.2 Å². The van der Waals surface area contributed by atoms with Gasteiger partial charge in [0, 0.05) is 12.5 Å². The summed E-state index contributed by atoms with van der Waals surface area (Å²) in [5.74, 6) is 0.564. The molecule has 1 heterocycles. The van der Waals surface area contributed by atoms with Crippen molar-refractivity contribution in [2.45, 2.75) is 49.6 Å². The number of ether oxygens (including phenoxy) is 2. The molecule has 2 atom stereocenters. The van der Waals surface area contributed by atoms with Crippen LogP contribution in [0.3, 0.4) is 0 Å². The number of fused-ring (bicyclic) bond motifs is 2. The van der Waals surface area contributed by atoms with Crippen LogP contribution in [0, 0.1) is 0 Å². The van der Waals surface area contributed by atoms with Crippen LogP contribution in [0.5, 0.6) is 11.5 Å². The predicted octanol–water partition coefficient (Wildman–Crippen LogP) is 2.71. The molecule has 160 valence electrons. The maximum atomic E-state index is 12.8. The molecule has 1 aliphatic heterocycles. The van der Waals surface area contributed by atoms with Gasteiger partial charge in [0.25, 0.3) is 0 Å². The number of hydrogen-bond acceptors (Lipinski definition) is 5. The monoisotopic (exact) mass is 430 g/mol. The molecule has 2 unspecified atom stereocenters. The van der Waals surface area contributed by atoms with E-state index in [-0.39, 0.29) is 16.8 Å². The van der Waals surface area contributed by atoms with Crippen molar-refractivity contribution in [3.05, 3.63) is 53.6 Å². The maximum Gasteiger partial charge on any atom is 0.241 e. The molecule has 0 saturated heterocycles. The smallest absolute Gasteiger partial charge is 0.241 e. The molecule has 0 saturated carbocycles. The van der Waals surface area contributed by atoms with Crippen LogP contribution in [-0.4, -0.2) is 33.6 Å². The van der Waals surface area contributed by atoms with Gasteiger partial charge in [0.05, 0.1) is 30.2 Å². The number of carbonyl (C=O) groups is 1. The molecule has 4 rings (SSSR count). The Hall–Kier alpha value is -2.58. The molecule has 8 heteroatoms. The molecular formula is C22H26N2O5S. The van der Waals surface area contributed by atoms with E-state index in [2.05, 4.69) is 16.1 Å². The Kier molecular flexibility index (Phi) is 5.97. The molecule has 7 nitrogen and oxygen atoms in total. The van der Waals surface area contributed by atoms with Crippen molar-refractivity contribution >= 4 is 15.9 Å². The molecule has 2 N–H and O–H groups in total. The van der Waals surface area contributed by atoms with Crippen LogP contribution in [0.15, 0.2) is 47.4 Å². The Morgan fingerprint density at radius 2 is 1.83 bits per heavy atom. The Bertz CT molecular complexity index is 1040. The molecule has 30 heavy (non-hydrogen) atoms. The van der Waals surface area contributed by atoms with Crippen LogP contribution >= 0.6 is 0 Å². The number of hydrogen-bond donors (Lipinski definition) is 2. The third-order valence-electron chi connectivity index (χ3n) is 5.44. The average Bonchev–Trinajstić information content (AvgIpc) is 2.98. The van der Waals surface area contributed by atoms with Crippen LogP contribution in [0.2, 0.25) is 0 Å². The zero-order valence-electron chi connectivity index (χ0n) is 16.9. The Morgan fingerprint density at radius 1 is 1.07 bits per heavy atom. The zero-order valence-corrected chi connectivity index (χ0v) is 17.7. The van der Waals surface area contributed by atoms with E-state index in [0.717, 1.165) is 31.2 Å². The second kappa shape index (κ2) is 8.65. The summed E-state index contributed by atoms with van der Waals surface area (Å²) in [5.41, 5.74) is 2.34. The minimum atomic E-state index is -3.90. The van der Waals surface area contributed by atoms with E-state index in [1.807, 2.05) is 18.2 Å². The van der Waals surface area contributed by atoms with Gasteiger partial charge in [0.1, 0.15) is 0 Å². The molecule has 2 aromatic rings. The number of rotatable bonds is 5. The number of sulfonamides is 1. The van der Waals surface area contributed by atoms with E-state index in [4.69, 9.17) is 9.47 Å². The third-order valence-corrected chi connectivity index (χ3v) is 6.98. The zero-order chi connectivity index (χ0) is 21.1. The lowest BCUT2D eigenvalue weighted by Gasteiger charge is -2.27. The Labute approximate surface area is 176 Å². The van der Waals surface area contributed by atoms with Gasteiger partial charge in [-0.2, -0.15) is 4.72 Å². The number of nitrogens with one attached hydrogen (secondary N) is 2. The van der Waals surface area contributed by atoms with Crippen molar-refractivity contribution in [3.8, 4) is 11.5 Å². The van der Waals surface area contributed by atoms with Gasteiger partial charge in [0.15, 0.2) is 11.5 Å². The first kappa shape index (κ1) is 20.7. The van der Waals surface area contributed by atoms with Gasteiger partial charge >= 0.3 is 0 Å². The number of benzene rings is 2. The van der Waals surface area contributed by atoms with Gasteiger partial charge in [-0.05, 0) is 49.4 Å². The summed E-state index contributed by atoms with van der Waals surface area (Å²) < 4.78 is 39.2. The lowest BCUT2D eigenvalue weighted by atomic mass is 9.87. The molecule has 0 spiro atoms. The van der Waals surface area contributed by atoms with E-state index in [1.54, 1.807) is 13.0 Å². The summed E-state index contributed by atoms with van der Waals surface area (Å²) in [6.45, 7) is 2.54. The van der Waals surface area contributed by atoms with Gasteiger partial charge in [-0.25, -0.2) is 8.42 Å². The normalized spacial score (nSPS) is 19.3. The van der Waals surface area contributed by atoms with Gasteiger partial charge < -0.3 is 14.8 Å². The first-order valence-electron chi connectivity index (χ1n) is 10.2. The minimum absolute atomic E-state index is 0.0365. The van der Waals surface area contributed by atoms with Crippen molar-refractivity contribution in [1.29, 1.82) is 0 Å². The highest BCUT2D eigenvalue weighted by atomic mass is 32.2. The SMILES string of the molecule is CC(NS(=O)(=O)c1ccc2c(c1)OCCCO2)C(=O)NC1CCCc2ccccc21. The third kappa shape index (κ3) is 4.44. The topological polar surface area (TPSA) is 93.7 Å². The van der Waals surface area contributed by atoms with Crippen molar-refractivity contribution in [2.24, 2.45) is 0 Å². The first-order chi connectivity index (χ1) is 14.4. The van der Waals surface area contributed by atoms with Gasteiger partial charge in [-0.3, -0.25) is 4.79 Å². The highest BCUT2D eigenvalue weighted by molar-refractivity contribution is 7.89. The standard InChI is InChI=1S/C22H26N2O5S/c1-15(22(25)23-19-9-4-7-16-6-2-3-8-18(16)19)24-30(26,27)17-10-11-20-21(14-17)29-13-5-12-28-20/h2-3,6,8,10-11,14-15,19,24H,4-5,7,9,12-13H2,1H3,(H,23,25). The molecule has 0 bridgehead atoms. The lowest BCUT2D eigenvalue weighted by molar-refractivity contribution is -0.123. The van der Waals surface area contributed by atoms with E-state index < -0.39 is 16.1 Å². The van der Waals surface area contributed by atoms with Crippen molar-refractivity contribution in [3.63, 3.8) is 0 Å². The fourth-order valence-electron chi connectivity index (χ4n) is 3.87. The van der Waals surface area contributed by atoms with Crippen LogP contribution in [0.4, 0.5) is 0 Å². The summed E-state index contributed by atoms with van der Waals surface area (Å²) in [6, 6.07) is 11.5. The predicted molar refractivity (Wildman–Crippen MR) is 112 cm³/mol. The highest BCUT2D eigenvalue weighted by Crippen LogP contribution is 2.32. The fourth-order valence-corrected chi connectivity index (χ4v) is 5.08. The largest absolute Gasteiger partial charge is 0.490 e. The van der Waals surface area contributed by atoms with Crippen LogP contribution in [-0.2, 0) is 21.2 Å². The van der Waals surface area contributed by atoms with Crippen molar-refractivity contribution in [2.75, 3.05) is 13.2 Å². The Balaban J connectivity index is 1.45. The van der Waals surface area contributed by atoms with Crippen LogP contribution in [0.1, 0.15) is 43.4 Å². The first-order valence-corrected chi connectivity index (χ1v) is 11.7. The second-order valence-electron chi connectivity index (χ2n) is 7.65. The Morgan fingerprint density at radius 3 is 2.67 bits per heavy atom. The fraction of sp³-hybridized carbons (Fsp3) is 0.409. The van der Waals surface area contributed by atoms with Crippen molar-refractivity contribution in [1.82, 2.24) is 10.0 Å². The number of carbonyl (C=O) groups excluding carboxylic acids is 1. The number of aryl methyl sites for hydroxylation is 1. The minimum Gasteiger partial charge on any atom is -0.490 e. The average molecular weight is 431 g/mol.